The quantitative estimate of drug-likeness (QED) is 0.689. The van der Waals surface area contributed by atoms with Gasteiger partial charge >= 0.3 is 0 Å². The molecule has 0 aliphatic heterocycles. The molecule has 1 unspecified atom stereocenters. The molecule has 104 valence electrons. The normalized spacial score (nSPS) is 23.8. The number of rotatable bonds is 7. The molecule has 1 rings (SSSR count). The zero-order valence-corrected chi connectivity index (χ0v) is 11.7. The van der Waals surface area contributed by atoms with E-state index in [0.717, 1.165) is 12.3 Å². The number of nitrogens with one attached hydrogen (secondary N) is 1. The molecule has 1 aliphatic carbocycles. The second kappa shape index (κ2) is 6.36. The number of hydrogen-bond donors (Lipinski definition) is 2. The van der Waals surface area contributed by atoms with Crippen molar-refractivity contribution in [3.63, 3.8) is 0 Å². The van der Waals surface area contributed by atoms with E-state index in [9.17, 15) is 8.42 Å². The predicted molar refractivity (Wildman–Crippen MR) is 70.9 cm³/mol. The molecule has 18 heavy (non-hydrogen) atoms. The van der Waals surface area contributed by atoms with Crippen molar-refractivity contribution < 1.29 is 17.7 Å². The Labute approximate surface area is 109 Å². The van der Waals surface area contributed by atoms with Gasteiger partial charge in [0.15, 0.2) is 0 Å². The molecule has 2 N–H and O–H groups in total. The van der Waals surface area contributed by atoms with Crippen LogP contribution in [-0.4, -0.2) is 37.9 Å². The Kier molecular flexibility index (Phi) is 5.37. The first-order chi connectivity index (χ1) is 8.41. The lowest BCUT2D eigenvalue weighted by molar-refractivity contribution is 0.237. The first-order valence-corrected chi connectivity index (χ1v) is 7.64. The molecule has 0 saturated carbocycles. The maximum atomic E-state index is 10.7. The molecule has 0 aromatic rings. The fourth-order valence-corrected chi connectivity index (χ4v) is 2.72. The van der Waals surface area contributed by atoms with Crippen molar-refractivity contribution in [3.05, 3.63) is 24.0 Å². The zero-order chi connectivity index (χ0) is 13.6. The number of methoxy groups -OCH3 is 1. The minimum absolute atomic E-state index is 0.208. The lowest BCUT2D eigenvalue weighted by atomic mass is 9.85. The maximum absolute atomic E-state index is 10.7. The summed E-state index contributed by atoms with van der Waals surface area (Å²) in [5.74, 6) is 0.658. The van der Waals surface area contributed by atoms with E-state index in [4.69, 9.17) is 9.29 Å². The molecule has 1 aliphatic rings. The second-order valence-corrected chi connectivity index (χ2v) is 6.02. The highest BCUT2D eigenvalue weighted by Crippen LogP contribution is 2.28. The lowest BCUT2D eigenvalue weighted by Crippen LogP contribution is -2.45. The van der Waals surface area contributed by atoms with Crippen LogP contribution in [0.3, 0.4) is 0 Å². The molecule has 0 heterocycles. The van der Waals surface area contributed by atoms with Crippen molar-refractivity contribution in [1.82, 2.24) is 5.32 Å². The van der Waals surface area contributed by atoms with Gasteiger partial charge in [-0.1, -0.05) is 19.1 Å². The molecule has 0 aromatic heterocycles. The molecule has 0 amide bonds. The first kappa shape index (κ1) is 15.2. The van der Waals surface area contributed by atoms with Crippen LogP contribution in [0.25, 0.3) is 0 Å². The maximum Gasteiger partial charge on any atom is 0.264 e. The summed E-state index contributed by atoms with van der Waals surface area (Å²) in [6, 6.07) is 0. The van der Waals surface area contributed by atoms with E-state index in [1.54, 1.807) is 7.11 Å². The van der Waals surface area contributed by atoms with E-state index >= 15 is 0 Å². The number of hydrogen-bond acceptors (Lipinski definition) is 4. The van der Waals surface area contributed by atoms with Crippen LogP contribution in [0.5, 0.6) is 0 Å². The van der Waals surface area contributed by atoms with Crippen LogP contribution in [0, 0.1) is 0 Å². The third kappa shape index (κ3) is 4.80. The standard InChI is InChI=1S/C12H21NO4S/c1-3-13-12(8-5-9-18(14,15)16)7-4-6-11(10-12)17-2/h4,6-7,13H,3,5,8-10H2,1-2H3,(H,14,15,16). The molecular weight excluding hydrogens is 254 g/mol. The summed E-state index contributed by atoms with van der Waals surface area (Å²) in [6.07, 6.45) is 7.59. The second-order valence-electron chi connectivity index (χ2n) is 4.45. The van der Waals surface area contributed by atoms with Gasteiger partial charge in [-0.15, -0.1) is 0 Å². The smallest absolute Gasteiger partial charge is 0.264 e. The molecule has 0 saturated heterocycles. The molecule has 0 radical (unpaired) electrons. The Balaban J connectivity index is 2.65. The summed E-state index contributed by atoms with van der Waals surface area (Å²) < 4.78 is 35.5. The van der Waals surface area contributed by atoms with Crippen LogP contribution in [0.15, 0.2) is 24.0 Å². The highest BCUT2D eigenvalue weighted by atomic mass is 32.2. The SMILES string of the molecule is CCNC1(CCCS(=O)(=O)O)C=CC=C(OC)C1. The van der Waals surface area contributed by atoms with E-state index in [0.29, 0.717) is 19.3 Å². The Morgan fingerprint density at radius 3 is 2.83 bits per heavy atom. The monoisotopic (exact) mass is 275 g/mol. The lowest BCUT2D eigenvalue weighted by Gasteiger charge is -2.34. The molecule has 5 nitrogen and oxygen atoms in total. The molecule has 0 spiro atoms. The van der Waals surface area contributed by atoms with Crippen molar-refractivity contribution >= 4 is 10.1 Å². The summed E-state index contributed by atoms with van der Waals surface area (Å²) in [7, 11) is -2.26. The van der Waals surface area contributed by atoms with Gasteiger partial charge in [-0.05, 0) is 25.5 Å². The van der Waals surface area contributed by atoms with Crippen molar-refractivity contribution in [2.75, 3.05) is 19.4 Å². The summed E-state index contributed by atoms with van der Waals surface area (Å²) in [4.78, 5) is 0. The third-order valence-corrected chi connectivity index (χ3v) is 3.81. The van der Waals surface area contributed by atoms with E-state index in [1.165, 1.54) is 0 Å². The van der Waals surface area contributed by atoms with Gasteiger partial charge in [-0.25, -0.2) is 0 Å². The van der Waals surface area contributed by atoms with Crippen LogP contribution in [0.1, 0.15) is 26.2 Å². The first-order valence-electron chi connectivity index (χ1n) is 6.03. The van der Waals surface area contributed by atoms with Crippen molar-refractivity contribution in [3.8, 4) is 0 Å². The van der Waals surface area contributed by atoms with E-state index in [1.807, 2.05) is 25.2 Å². The van der Waals surface area contributed by atoms with Crippen molar-refractivity contribution in [2.45, 2.75) is 31.7 Å². The Hall–Kier alpha value is -0.850. The fourth-order valence-electron chi connectivity index (χ4n) is 2.21. The zero-order valence-electron chi connectivity index (χ0n) is 10.8. The van der Waals surface area contributed by atoms with Crippen LogP contribution in [-0.2, 0) is 14.9 Å². The number of allylic oxidation sites excluding steroid dienone is 2. The fraction of sp³-hybridized carbons (Fsp3) is 0.667. The molecule has 6 heteroatoms. The largest absolute Gasteiger partial charge is 0.501 e. The van der Waals surface area contributed by atoms with E-state index in [2.05, 4.69) is 5.32 Å². The highest BCUT2D eigenvalue weighted by Gasteiger charge is 2.29. The summed E-state index contributed by atoms with van der Waals surface area (Å²) in [5.41, 5.74) is -0.278. The summed E-state index contributed by atoms with van der Waals surface area (Å²) in [6.45, 7) is 2.79. The molecular formula is C12H21NO4S. The molecule has 0 fully saturated rings. The summed E-state index contributed by atoms with van der Waals surface area (Å²) in [5, 5.41) is 3.36. The van der Waals surface area contributed by atoms with Gasteiger partial charge in [-0.2, -0.15) is 8.42 Å². The Morgan fingerprint density at radius 2 is 2.28 bits per heavy atom. The van der Waals surface area contributed by atoms with Gasteiger partial charge in [-0.3, -0.25) is 4.55 Å². The number of ether oxygens (including phenoxy) is 1. The van der Waals surface area contributed by atoms with Gasteiger partial charge in [0.05, 0.1) is 18.6 Å². The van der Waals surface area contributed by atoms with Crippen LogP contribution in [0.4, 0.5) is 0 Å². The van der Waals surface area contributed by atoms with Crippen LogP contribution < -0.4 is 5.32 Å². The van der Waals surface area contributed by atoms with Crippen molar-refractivity contribution in [1.29, 1.82) is 0 Å². The van der Waals surface area contributed by atoms with E-state index in [-0.39, 0.29) is 11.3 Å². The van der Waals surface area contributed by atoms with Crippen LogP contribution in [0.2, 0.25) is 0 Å². The van der Waals surface area contributed by atoms with E-state index < -0.39 is 10.1 Å². The average Bonchev–Trinajstić information content (AvgIpc) is 2.28. The minimum Gasteiger partial charge on any atom is -0.501 e. The molecule has 1 atom stereocenters. The average molecular weight is 275 g/mol. The van der Waals surface area contributed by atoms with Gasteiger partial charge in [0, 0.05) is 12.0 Å². The van der Waals surface area contributed by atoms with Gasteiger partial charge in [0.25, 0.3) is 10.1 Å². The third-order valence-electron chi connectivity index (χ3n) is 3.00. The molecule has 0 bridgehead atoms. The Bertz CT molecular complexity index is 427. The van der Waals surface area contributed by atoms with Crippen LogP contribution >= 0.6 is 0 Å². The number of likely N-dealkylation sites (N-methyl/N-ethyl adjacent to an activating group) is 1. The van der Waals surface area contributed by atoms with Crippen molar-refractivity contribution in [2.24, 2.45) is 0 Å². The van der Waals surface area contributed by atoms with Gasteiger partial charge in [0.2, 0.25) is 0 Å². The predicted octanol–water partition coefficient (Wildman–Crippen LogP) is 1.49. The van der Waals surface area contributed by atoms with Gasteiger partial charge < -0.3 is 10.1 Å². The summed E-state index contributed by atoms with van der Waals surface area (Å²) >= 11 is 0. The highest BCUT2D eigenvalue weighted by molar-refractivity contribution is 7.85. The molecule has 0 aromatic carbocycles. The topological polar surface area (TPSA) is 75.6 Å². The Morgan fingerprint density at radius 1 is 1.56 bits per heavy atom. The minimum atomic E-state index is -3.88. The van der Waals surface area contributed by atoms with Gasteiger partial charge in [0.1, 0.15) is 0 Å².